The van der Waals surface area contributed by atoms with Crippen LogP contribution in [0.25, 0.3) is 0 Å². The van der Waals surface area contributed by atoms with E-state index in [0.717, 1.165) is 33.8 Å². The summed E-state index contributed by atoms with van der Waals surface area (Å²) in [6, 6.07) is 15.8. The second kappa shape index (κ2) is 7.59. The SMILES string of the molecule is COc1ccc(CN2C(=O)c3cccnc3[C@H]2Nc2c(C)cc(C)cc2C)cc1. The monoisotopic (exact) mass is 387 g/mol. The van der Waals surface area contributed by atoms with E-state index in [-0.39, 0.29) is 12.1 Å². The molecule has 0 bridgehead atoms. The van der Waals surface area contributed by atoms with Gasteiger partial charge in [0.2, 0.25) is 0 Å². The Morgan fingerprint density at radius 1 is 1.07 bits per heavy atom. The highest BCUT2D eigenvalue weighted by atomic mass is 16.5. The van der Waals surface area contributed by atoms with Crippen LogP contribution in [-0.2, 0) is 6.54 Å². The number of nitrogens with one attached hydrogen (secondary N) is 1. The molecule has 3 aromatic rings. The molecule has 4 rings (SSSR count). The maximum Gasteiger partial charge on any atom is 0.258 e. The van der Waals surface area contributed by atoms with Gasteiger partial charge >= 0.3 is 0 Å². The van der Waals surface area contributed by atoms with Crippen molar-refractivity contribution in [3.05, 3.63) is 88.2 Å². The van der Waals surface area contributed by atoms with Crippen molar-refractivity contribution in [2.45, 2.75) is 33.5 Å². The smallest absolute Gasteiger partial charge is 0.258 e. The van der Waals surface area contributed by atoms with Crippen LogP contribution in [0, 0.1) is 20.8 Å². The maximum absolute atomic E-state index is 13.2. The molecule has 2 aromatic carbocycles. The molecule has 1 amide bonds. The minimum Gasteiger partial charge on any atom is -0.497 e. The Balaban J connectivity index is 1.70. The average molecular weight is 387 g/mol. The summed E-state index contributed by atoms with van der Waals surface area (Å²) in [5.74, 6) is 0.788. The van der Waals surface area contributed by atoms with Crippen LogP contribution < -0.4 is 10.1 Å². The van der Waals surface area contributed by atoms with Crippen molar-refractivity contribution in [2.24, 2.45) is 0 Å². The van der Waals surface area contributed by atoms with Crippen molar-refractivity contribution >= 4 is 11.6 Å². The van der Waals surface area contributed by atoms with Crippen molar-refractivity contribution < 1.29 is 9.53 Å². The molecule has 5 heteroatoms. The molecule has 0 saturated carbocycles. The highest BCUT2D eigenvalue weighted by Gasteiger charge is 2.38. The van der Waals surface area contributed by atoms with Crippen molar-refractivity contribution in [3.63, 3.8) is 0 Å². The average Bonchev–Trinajstić information content (AvgIpc) is 2.97. The van der Waals surface area contributed by atoms with Crippen LogP contribution in [0.15, 0.2) is 54.7 Å². The zero-order valence-corrected chi connectivity index (χ0v) is 17.2. The fourth-order valence-electron chi connectivity index (χ4n) is 4.02. The van der Waals surface area contributed by atoms with Crippen molar-refractivity contribution in [1.29, 1.82) is 0 Å². The lowest BCUT2D eigenvalue weighted by Gasteiger charge is -2.28. The number of nitrogens with zero attached hydrogens (tertiary/aromatic N) is 2. The zero-order valence-electron chi connectivity index (χ0n) is 17.2. The predicted octanol–water partition coefficient (Wildman–Crippen LogP) is 4.78. The molecule has 29 heavy (non-hydrogen) atoms. The normalized spacial score (nSPS) is 15.4. The number of amides is 1. The number of benzene rings is 2. The number of hydrogen-bond acceptors (Lipinski definition) is 4. The molecule has 0 aliphatic carbocycles. The van der Waals surface area contributed by atoms with Gasteiger partial charge in [-0.3, -0.25) is 9.78 Å². The molecule has 0 unspecified atom stereocenters. The lowest BCUT2D eigenvalue weighted by atomic mass is 10.0. The van der Waals surface area contributed by atoms with E-state index >= 15 is 0 Å². The van der Waals surface area contributed by atoms with E-state index in [2.05, 4.69) is 43.2 Å². The molecule has 1 aliphatic heterocycles. The highest BCUT2D eigenvalue weighted by Crippen LogP contribution is 2.36. The second-order valence-electron chi connectivity index (χ2n) is 7.54. The van der Waals surface area contributed by atoms with Crippen LogP contribution in [0.4, 0.5) is 5.69 Å². The number of carbonyl (C=O) groups excluding carboxylic acids is 1. The van der Waals surface area contributed by atoms with Gasteiger partial charge in [0.05, 0.1) is 18.4 Å². The quantitative estimate of drug-likeness (QED) is 0.684. The first-order valence-electron chi connectivity index (χ1n) is 9.71. The van der Waals surface area contributed by atoms with Crippen molar-refractivity contribution in [1.82, 2.24) is 9.88 Å². The van der Waals surface area contributed by atoms with Crippen molar-refractivity contribution in [3.8, 4) is 5.75 Å². The molecular weight excluding hydrogens is 362 g/mol. The van der Waals surface area contributed by atoms with Gasteiger partial charge in [-0.2, -0.15) is 0 Å². The van der Waals surface area contributed by atoms with Crippen molar-refractivity contribution in [2.75, 3.05) is 12.4 Å². The van der Waals surface area contributed by atoms with Crippen LogP contribution in [0.5, 0.6) is 5.75 Å². The number of rotatable bonds is 5. The lowest BCUT2D eigenvalue weighted by Crippen LogP contribution is -2.32. The Labute approximate surface area is 171 Å². The maximum atomic E-state index is 13.2. The second-order valence-corrected chi connectivity index (χ2v) is 7.54. The number of anilines is 1. The summed E-state index contributed by atoms with van der Waals surface area (Å²) in [7, 11) is 1.65. The van der Waals surface area contributed by atoms with Gasteiger partial charge in [-0.25, -0.2) is 0 Å². The summed E-state index contributed by atoms with van der Waals surface area (Å²) in [5.41, 5.74) is 7.04. The van der Waals surface area contributed by atoms with Gasteiger partial charge in [0.1, 0.15) is 11.9 Å². The first-order valence-corrected chi connectivity index (χ1v) is 9.71. The van der Waals surface area contributed by atoms with Gasteiger partial charge in [-0.15, -0.1) is 0 Å². The van der Waals surface area contributed by atoms with Gasteiger partial charge in [0.15, 0.2) is 0 Å². The Hall–Kier alpha value is -3.34. The van der Waals surface area contributed by atoms with Gasteiger partial charge in [-0.1, -0.05) is 29.8 Å². The fourth-order valence-corrected chi connectivity index (χ4v) is 4.02. The number of aromatic nitrogens is 1. The third-order valence-electron chi connectivity index (χ3n) is 5.37. The number of methoxy groups -OCH3 is 1. The predicted molar refractivity (Wildman–Crippen MR) is 114 cm³/mol. The van der Waals surface area contributed by atoms with Crippen LogP contribution in [0.1, 0.15) is 44.5 Å². The molecule has 148 valence electrons. The third kappa shape index (κ3) is 3.56. The van der Waals surface area contributed by atoms with Crippen LogP contribution >= 0.6 is 0 Å². The Kier molecular flexibility index (Phi) is 4.97. The molecule has 0 spiro atoms. The van der Waals surface area contributed by atoms with Gasteiger partial charge in [-0.05, 0) is 61.7 Å². The third-order valence-corrected chi connectivity index (χ3v) is 5.37. The Morgan fingerprint density at radius 3 is 2.41 bits per heavy atom. The molecule has 1 aliphatic rings. The first kappa shape index (κ1) is 19.0. The summed E-state index contributed by atoms with van der Waals surface area (Å²) < 4.78 is 5.24. The number of aryl methyl sites for hydroxylation is 3. The number of hydrogen-bond donors (Lipinski definition) is 1. The summed E-state index contributed by atoms with van der Waals surface area (Å²) in [5, 5.41) is 3.60. The Bertz CT molecular complexity index is 1040. The molecule has 0 saturated heterocycles. The van der Waals surface area contributed by atoms with Crippen LogP contribution in [-0.4, -0.2) is 22.9 Å². The summed E-state index contributed by atoms with van der Waals surface area (Å²) in [4.78, 5) is 19.6. The minimum atomic E-state index is -0.319. The highest BCUT2D eigenvalue weighted by molar-refractivity contribution is 5.99. The molecule has 1 N–H and O–H groups in total. The van der Waals surface area contributed by atoms with Gasteiger partial charge in [0.25, 0.3) is 5.91 Å². The molecule has 1 atom stereocenters. The largest absolute Gasteiger partial charge is 0.497 e. The van der Waals surface area contributed by atoms with Crippen LogP contribution in [0.3, 0.4) is 0 Å². The summed E-state index contributed by atoms with van der Waals surface area (Å²) >= 11 is 0. The van der Waals surface area contributed by atoms with E-state index < -0.39 is 0 Å². The summed E-state index contributed by atoms with van der Waals surface area (Å²) in [6.07, 6.45) is 1.42. The molecule has 5 nitrogen and oxygen atoms in total. The number of fused-ring (bicyclic) bond motifs is 1. The molecule has 0 fully saturated rings. The topological polar surface area (TPSA) is 54.5 Å². The number of carbonyl (C=O) groups is 1. The number of pyridine rings is 1. The zero-order chi connectivity index (χ0) is 20.5. The van der Waals surface area contributed by atoms with E-state index in [0.29, 0.717) is 12.1 Å². The fraction of sp³-hybridized carbons (Fsp3) is 0.250. The molecule has 1 aromatic heterocycles. The first-order chi connectivity index (χ1) is 14.0. The van der Waals surface area contributed by atoms with Gasteiger partial charge < -0.3 is 15.0 Å². The Morgan fingerprint density at radius 2 is 1.76 bits per heavy atom. The molecule has 0 radical (unpaired) electrons. The van der Waals surface area contributed by atoms with E-state index in [1.165, 1.54) is 5.56 Å². The summed E-state index contributed by atoms with van der Waals surface area (Å²) in [6.45, 7) is 6.76. The molecule has 2 heterocycles. The van der Waals surface area contributed by atoms with E-state index in [4.69, 9.17) is 4.74 Å². The number of ether oxygens (including phenoxy) is 1. The van der Waals surface area contributed by atoms with E-state index in [1.54, 1.807) is 13.3 Å². The van der Waals surface area contributed by atoms with E-state index in [9.17, 15) is 4.79 Å². The molecular formula is C24H25N3O2. The lowest BCUT2D eigenvalue weighted by molar-refractivity contribution is 0.0727. The van der Waals surface area contributed by atoms with Gasteiger partial charge in [0, 0.05) is 18.4 Å². The standard InChI is InChI=1S/C24H25N3O2/c1-15-12-16(2)21(17(3)13-15)26-23-22-20(6-5-11-25-22)24(28)27(23)14-18-7-9-19(29-4)10-8-18/h5-13,23,26H,14H2,1-4H3/t23-/m0/s1. The van der Waals surface area contributed by atoms with E-state index in [1.807, 2.05) is 41.3 Å². The minimum absolute atomic E-state index is 0.0103. The van der Waals surface area contributed by atoms with Crippen LogP contribution in [0.2, 0.25) is 0 Å².